The number of rotatable bonds is 8. The van der Waals surface area contributed by atoms with E-state index in [4.69, 9.17) is 0 Å². The van der Waals surface area contributed by atoms with Crippen molar-refractivity contribution in [3.05, 3.63) is 0 Å². The Morgan fingerprint density at radius 1 is 1.00 bits per heavy atom. The fraction of sp³-hybridized carbons (Fsp3) is 1.00. The van der Waals surface area contributed by atoms with Crippen molar-refractivity contribution in [2.75, 3.05) is 19.9 Å². The van der Waals surface area contributed by atoms with Crippen molar-refractivity contribution >= 4 is 0 Å². The number of alkyl halides is 8. The minimum Gasteiger partial charge on any atom is -0.325 e. The van der Waals surface area contributed by atoms with Crippen molar-refractivity contribution in [2.24, 2.45) is 0 Å². The lowest BCUT2D eigenvalue weighted by Crippen LogP contribution is -2.47. The Bertz CT molecular complexity index is 269. The second-order valence-corrected chi connectivity index (χ2v) is 3.27. The van der Waals surface area contributed by atoms with Gasteiger partial charge in [0.1, 0.15) is 13.3 Å². The van der Waals surface area contributed by atoms with Crippen LogP contribution in [-0.2, 0) is 14.2 Å². The molecule has 11 heteroatoms. The summed E-state index contributed by atoms with van der Waals surface area (Å²) in [5, 5.41) is 0. The molecule has 0 aliphatic carbocycles. The number of halogens is 8. The van der Waals surface area contributed by atoms with E-state index in [2.05, 4.69) is 14.2 Å². The summed E-state index contributed by atoms with van der Waals surface area (Å²) in [5.74, 6) is -3.17. The third kappa shape index (κ3) is 7.47. The minimum atomic E-state index is -5.11. The minimum absolute atomic E-state index is 0.394. The number of hydrogen-bond donors (Lipinski definition) is 0. The van der Waals surface area contributed by atoms with Crippen molar-refractivity contribution in [1.29, 1.82) is 0 Å². The van der Waals surface area contributed by atoms with Gasteiger partial charge in [0.25, 0.3) is 5.97 Å². The van der Waals surface area contributed by atoms with E-state index < -0.39 is 44.6 Å². The van der Waals surface area contributed by atoms with E-state index in [1.165, 1.54) is 0 Å². The summed E-state index contributed by atoms with van der Waals surface area (Å²) in [6.45, 7) is -3.96. The highest BCUT2D eigenvalue weighted by molar-refractivity contribution is 4.62. The fourth-order valence-corrected chi connectivity index (χ4v) is 0.829. The van der Waals surface area contributed by atoms with Crippen molar-refractivity contribution in [1.82, 2.24) is 0 Å². The maximum Gasteiger partial charge on any atom is 0.420 e. The maximum absolute atomic E-state index is 12.6. The van der Waals surface area contributed by atoms with Gasteiger partial charge in [-0.2, -0.15) is 22.0 Å². The SMILES string of the molecule is CC(OCCF)(OCC(F)(F)F)OC(F)(F)C(F)F. The Kier molecular flexibility index (Phi) is 6.42. The molecule has 0 radical (unpaired) electrons. The molecule has 0 saturated heterocycles. The average molecular weight is 306 g/mol. The van der Waals surface area contributed by atoms with Crippen molar-refractivity contribution in [3.8, 4) is 0 Å². The van der Waals surface area contributed by atoms with Gasteiger partial charge in [0, 0.05) is 6.92 Å². The molecule has 0 N–H and O–H groups in total. The predicted molar refractivity (Wildman–Crippen MR) is 44.4 cm³/mol. The molecule has 0 aliphatic heterocycles. The number of hydrogen-bond acceptors (Lipinski definition) is 3. The normalized spacial score (nSPS) is 16.7. The van der Waals surface area contributed by atoms with E-state index in [0.29, 0.717) is 6.92 Å². The van der Waals surface area contributed by atoms with Gasteiger partial charge < -0.3 is 9.47 Å². The van der Waals surface area contributed by atoms with Gasteiger partial charge >= 0.3 is 18.7 Å². The molecule has 0 aliphatic rings. The molecule has 0 spiro atoms. The lowest BCUT2D eigenvalue weighted by atomic mass is 10.5. The monoisotopic (exact) mass is 306 g/mol. The Balaban J connectivity index is 4.76. The molecule has 116 valence electrons. The molecule has 0 bridgehead atoms. The van der Waals surface area contributed by atoms with Gasteiger partial charge in [0.2, 0.25) is 0 Å². The van der Waals surface area contributed by atoms with Crippen molar-refractivity contribution in [3.63, 3.8) is 0 Å². The van der Waals surface area contributed by atoms with Crippen LogP contribution in [0, 0.1) is 0 Å². The third-order valence-corrected chi connectivity index (χ3v) is 1.51. The van der Waals surface area contributed by atoms with Gasteiger partial charge in [0.15, 0.2) is 0 Å². The molecule has 0 fully saturated rings. The van der Waals surface area contributed by atoms with Crippen LogP contribution >= 0.6 is 0 Å². The molecule has 0 aromatic heterocycles. The molecule has 0 amide bonds. The molecule has 0 rings (SSSR count). The summed E-state index contributed by atoms with van der Waals surface area (Å²) in [4.78, 5) is 0. The van der Waals surface area contributed by atoms with Crippen LogP contribution in [0.2, 0.25) is 0 Å². The molecule has 0 aromatic rings. The Hall–Kier alpha value is -0.680. The van der Waals surface area contributed by atoms with E-state index >= 15 is 0 Å². The van der Waals surface area contributed by atoms with Crippen LogP contribution in [-0.4, -0.2) is 44.6 Å². The smallest absolute Gasteiger partial charge is 0.325 e. The van der Waals surface area contributed by atoms with Crippen molar-refractivity contribution < 1.29 is 49.3 Å². The van der Waals surface area contributed by atoms with Gasteiger partial charge in [-0.1, -0.05) is 0 Å². The molecule has 3 nitrogen and oxygen atoms in total. The zero-order valence-corrected chi connectivity index (χ0v) is 9.45. The average Bonchev–Trinajstić information content (AvgIpc) is 2.22. The molecule has 19 heavy (non-hydrogen) atoms. The van der Waals surface area contributed by atoms with E-state index in [0.717, 1.165) is 0 Å². The summed E-state index contributed by atoms with van der Waals surface area (Å²) in [7, 11) is 0. The van der Waals surface area contributed by atoms with Crippen molar-refractivity contribution in [2.45, 2.75) is 31.6 Å². The van der Waals surface area contributed by atoms with Crippen LogP contribution in [0.1, 0.15) is 6.92 Å². The Morgan fingerprint density at radius 3 is 1.89 bits per heavy atom. The topological polar surface area (TPSA) is 27.7 Å². The highest BCUT2D eigenvalue weighted by atomic mass is 19.4. The Morgan fingerprint density at radius 2 is 1.53 bits per heavy atom. The largest absolute Gasteiger partial charge is 0.420 e. The second kappa shape index (κ2) is 6.66. The molecule has 0 saturated carbocycles. The van der Waals surface area contributed by atoms with Gasteiger partial charge in [0.05, 0.1) is 6.61 Å². The molecule has 1 unspecified atom stereocenters. The van der Waals surface area contributed by atoms with Crippen LogP contribution in [0.3, 0.4) is 0 Å². The lowest BCUT2D eigenvalue weighted by Gasteiger charge is -2.32. The predicted octanol–water partition coefficient (Wildman–Crippen LogP) is 3.10. The van der Waals surface area contributed by atoms with Gasteiger partial charge in [-0.25, -0.2) is 13.2 Å². The quantitative estimate of drug-likeness (QED) is 0.509. The van der Waals surface area contributed by atoms with Crippen LogP contribution in [0.5, 0.6) is 0 Å². The standard InChI is InChI=1S/C8H10F8O3/c1-6(17-3-2-9,18-4-7(12,13)14)19-8(15,16)5(10)11/h5H,2-4H2,1H3. The maximum atomic E-state index is 12.6. The van der Waals surface area contributed by atoms with Crippen LogP contribution < -0.4 is 0 Å². The van der Waals surface area contributed by atoms with Gasteiger partial charge in [-0.05, 0) is 0 Å². The summed E-state index contributed by atoms with van der Waals surface area (Å²) in [6.07, 6.45) is -14.4. The molecule has 0 heterocycles. The summed E-state index contributed by atoms with van der Waals surface area (Å²) in [6, 6.07) is 0. The molecular formula is C8H10F8O3. The number of ether oxygens (including phenoxy) is 3. The van der Waals surface area contributed by atoms with Crippen LogP contribution in [0.15, 0.2) is 0 Å². The lowest BCUT2D eigenvalue weighted by molar-refractivity contribution is -0.471. The fourth-order valence-electron chi connectivity index (χ4n) is 0.829. The zero-order valence-electron chi connectivity index (χ0n) is 9.45. The first-order valence-corrected chi connectivity index (χ1v) is 4.68. The van der Waals surface area contributed by atoms with Gasteiger partial charge in [-0.3, -0.25) is 4.74 Å². The van der Waals surface area contributed by atoms with E-state index in [-0.39, 0.29) is 0 Å². The highest BCUT2D eigenvalue weighted by Crippen LogP contribution is 2.32. The van der Waals surface area contributed by atoms with E-state index in [9.17, 15) is 35.1 Å². The highest BCUT2D eigenvalue weighted by Gasteiger charge is 2.50. The van der Waals surface area contributed by atoms with Crippen LogP contribution in [0.25, 0.3) is 0 Å². The third-order valence-electron chi connectivity index (χ3n) is 1.51. The Labute approximate surface area is 102 Å². The van der Waals surface area contributed by atoms with Gasteiger partial charge in [-0.15, -0.1) is 0 Å². The molecule has 0 aromatic carbocycles. The molecule has 1 atom stereocenters. The zero-order chi connectivity index (χ0) is 15.3. The summed E-state index contributed by atoms with van der Waals surface area (Å²) >= 11 is 0. The summed E-state index contributed by atoms with van der Waals surface area (Å²) < 4.78 is 108. The van der Waals surface area contributed by atoms with Crippen LogP contribution in [0.4, 0.5) is 35.1 Å². The van der Waals surface area contributed by atoms with E-state index in [1.54, 1.807) is 0 Å². The summed E-state index contributed by atoms with van der Waals surface area (Å²) in [5.41, 5.74) is 0. The van der Waals surface area contributed by atoms with E-state index in [1.807, 2.05) is 0 Å². The first-order chi connectivity index (χ1) is 8.42. The first-order valence-electron chi connectivity index (χ1n) is 4.68. The first kappa shape index (κ1) is 18.3. The molecular weight excluding hydrogens is 296 g/mol. The second-order valence-electron chi connectivity index (χ2n) is 3.27.